The van der Waals surface area contributed by atoms with Gasteiger partial charge in [0, 0.05) is 23.9 Å². The number of halogens is 6. The number of benzene rings is 1. The Balaban J connectivity index is 1.93. The van der Waals surface area contributed by atoms with Gasteiger partial charge in [-0.1, -0.05) is 0 Å². The molecule has 0 saturated carbocycles. The number of aliphatic hydroxyl groups excluding tert-OH is 1. The molecule has 202 valence electrons. The summed E-state index contributed by atoms with van der Waals surface area (Å²) >= 11 is 0. The number of alkyl halides is 3. The van der Waals surface area contributed by atoms with E-state index in [4.69, 9.17) is 0 Å². The number of amides is 2. The average Bonchev–Trinajstić information content (AvgIpc) is 3.10. The van der Waals surface area contributed by atoms with Gasteiger partial charge in [0.2, 0.25) is 11.3 Å². The maximum absolute atomic E-state index is 14.8. The van der Waals surface area contributed by atoms with Gasteiger partial charge in [0.1, 0.15) is 22.9 Å². The molecule has 0 spiro atoms. The minimum Gasteiger partial charge on any atom is -0.391 e. The summed E-state index contributed by atoms with van der Waals surface area (Å²) in [5.41, 5.74) is -5.01. The lowest BCUT2D eigenvalue weighted by Gasteiger charge is -2.27. The normalized spacial score (nSPS) is 16.4. The molecule has 1 aromatic carbocycles. The van der Waals surface area contributed by atoms with E-state index in [1.807, 2.05) is 0 Å². The molecule has 1 aliphatic rings. The fourth-order valence-corrected chi connectivity index (χ4v) is 4.27. The van der Waals surface area contributed by atoms with E-state index in [1.165, 1.54) is 6.07 Å². The third-order valence-electron chi connectivity index (χ3n) is 5.78. The molecular formula is C24H20F6N4O4. The molecule has 0 radical (unpaired) electrons. The first-order chi connectivity index (χ1) is 17.6. The number of carbonyl (C=O) groups excluding carboxylic acids is 2. The molecule has 3 heterocycles. The predicted octanol–water partition coefficient (Wildman–Crippen LogP) is 3.36. The number of anilines is 1. The van der Waals surface area contributed by atoms with Gasteiger partial charge in [-0.2, -0.15) is 13.2 Å². The fraction of sp³-hybridized carbons (Fsp3) is 0.333. The van der Waals surface area contributed by atoms with E-state index in [-0.39, 0.29) is 24.2 Å². The summed E-state index contributed by atoms with van der Waals surface area (Å²) in [6.07, 6.45) is -6.61. The zero-order valence-electron chi connectivity index (χ0n) is 19.9. The van der Waals surface area contributed by atoms with Crippen molar-refractivity contribution in [3.8, 4) is 5.69 Å². The van der Waals surface area contributed by atoms with E-state index in [2.05, 4.69) is 10.3 Å². The van der Waals surface area contributed by atoms with Crippen LogP contribution in [-0.4, -0.2) is 50.8 Å². The first kappa shape index (κ1) is 27.1. The smallest absolute Gasteiger partial charge is 0.391 e. The third-order valence-corrected chi connectivity index (χ3v) is 5.78. The van der Waals surface area contributed by atoms with Crippen molar-refractivity contribution in [2.45, 2.75) is 44.5 Å². The standard InChI is InChI=1S/C24H20F6N4O4/c1-23(2,10-24(28,29)30)32-22(38)14-9-34(19-15(26)5-11(25)6-16(19)27)21-13(20(14)37)3-4-17(31-21)33-8-12(35)7-18(33)36/h3-6,9,12,35H,7-8,10H2,1-2H3,(H,32,38)/t12-/m0/s1. The number of β-amino-alcohol motifs (C(OH)–C–C–N with tert-alkyl or cyclic N) is 1. The molecule has 0 bridgehead atoms. The topological polar surface area (TPSA) is 105 Å². The van der Waals surface area contributed by atoms with Gasteiger partial charge in [-0.05, 0) is 26.0 Å². The number of rotatable bonds is 5. The largest absolute Gasteiger partial charge is 0.391 e. The molecule has 4 rings (SSSR count). The molecule has 1 atom stereocenters. The van der Waals surface area contributed by atoms with Gasteiger partial charge in [0.05, 0.1) is 30.9 Å². The van der Waals surface area contributed by atoms with Crippen LogP contribution in [0.1, 0.15) is 37.0 Å². The molecule has 3 aromatic rings. The number of nitrogens with zero attached hydrogens (tertiary/aromatic N) is 3. The van der Waals surface area contributed by atoms with Crippen molar-refractivity contribution >= 4 is 28.7 Å². The number of nitrogens with one attached hydrogen (secondary N) is 1. The second kappa shape index (κ2) is 9.42. The summed E-state index contributed by atoms with van der Waals surface area (Å²) in [5, 5.41) is 11.5. The summed E-state index contributed by atoms with van der Waals surface area (Å²) in [7, 11) is 0. The van der Waals surface area contributed by atoms with Crippen LogP contribution >= 0.6 is 0 Å². The predicted molar refractivity (Wildman–Crippen MR) is 122 cm³/mol. The second-order valence-electron chi connectivity index (χ2n) is 9.49. The highest BCUT2D eigenvalue weighted by Crippen LogP contribution is 2.29. The van der Waals surface area contributed by atoms with Crippen LogP contribution in [0.15, 0.2) is 35.3 Å². The Labute approximate surface area is 210 Å². The van der Waals surface area contributed by atoms with Crippen molar-refractivity contribution in [1.29, 1.82) is 0 Å². The number of carbonyl (C=O) groups is 2. The number of fused-ring (bicyclic) bond motifs is 1. The van der Waals surface area contributed by atoms with Gasteiger partial charge in [0.25, 0.3) is 5.91 Å². The summed E-state index contributed by atoms with van der Waals surface area (Å²) in [5.74, 6) is -5.98. The molecule has 2 amide bonds. The van der Waals surface area contributed by atoms with Crippen LogP contribution in [0, 0.1) is 17.5 Å². The summed E-state index contributed by atoms with van der Waals surface area (Å²) in [6, 6.07) is 3.01. The number of pyridine rings is 2. The Kier molecular flexibility index (Phi) is 6.72. The van der Waals surface area contributed by atoms with Crippen molar-refractivity contribution in [2.75, 3.05) is 11.4 Å². The summed E-state index contributed by atoms with van der Waals surface area (Å²) in [4.78, 5) is 43.6. The van der Waals surface area contributed by atoms with E-state index in [1.54, 1.807) is 0 Å². The molecular weight excluding hydrogens is 522 g/mol. The van der Waals surface area contributed by atoms with Crippen LogP contribution in [0.2, 0.25) is 0 Å². The maximum atomic E-state index is 14.8. The summed E-state index contributed by atoms with van der Waals surface area (Å²) < 4.78 is 82.6. The van der Waals surface area contributed by atoms with Crippen LogP contribution in [0.25, 0.3) is 16.7 Å². The Morgan fingerprint density at radius 1 is 1.13 bits per heavy atom. The second-order valence-corrected chi connectivity index (χ2v) is 9.49. The zero-order chi connectivity index (χ0) is 28.2. The molecule has 1 saturated heterocycles. The quantitative estimate of drug-likeness (QED) is 0.482. The maximum Gasteiger partial charge on any atom is 0.391 e. The highest BCUT2D eigenvalue weighted by atomic mass is 19.4. The van der Waals surface area contributed by atoms with Gasteiger partial charge in [-0.15, -0.1) is 0 Å². The highest BCUT2D eigenvalue weighted by Gasteiger charge is 2.38. The Morgan fingerprint density at radius 3 is 2.32 bits per heavy atom. The van der Waals surface area contributed by atoms with Crippen molar-refractivity contribution in [1.82, 2.24) is 14.9 Å². The molecule has 14 heteroatoms. The molecule has 0 unspecified atom stereocenters. The van der Waals surface area contributed by atoms with Crippen LogP contribution in [0.3, 0.4) is 0 Å². The monoisotopic (exact) mass is 542 g/mol. The van der Waals surface area contributed by atoms with E-state index in [9.17, 15) is 45.8 Å². The minimum absolute atomic E-state index is 0.0846. The number of hydrogen-bond donors (Lipinski definition) is 2. The van der Waals surface area contributed by atoms with Crippen LogP contribution in [-0.2, 0) is 4.79 Å². The molecule has 2 N–H and O–H groups in total. The van der Waals surface area contributed by atoms with E-state index in [0.717, 1.165) is 24.8 Å². The fourth-order valence-electron chi connectivity index (χ4n) is 4.27. The number of hydrogen-bond acceptors (Lipinski definition) is 5. The zero-order valence-corrected chi connectivity index (χ0v) is 19.9. The molecule has 0 aliphatic carbocycles. The van der Waals surface area contributed by atoms with Crippen molar-refractivity contribution in [2.24, 2.45) is 0 Å². The Bertz CT molecular complexity index is 1500. The average molecular weight is 542 g/mol. The minimum atomic E-state index is -4.65. The van der Waals surface area contributed by atoms with E-state index < -0.39 is 75.8 Å². The third kappa shape index (κ3) is 5.35. The van der Waals surface area contributed by atoms with Crippen LogP contribution < -0.4 is 15.6 Å². The van der Waals surface area contributed by atoms with Gasteiger partial charge in [-0.25, -0.2) is 18.2 Å². The lowest BCUT2D eigenvalue weighted by molar-refractivity contribution is -0.146. The molecule has 38 heavy (non-hydrogen) atoms. The van der Waals surface area contributed by atoms with E-state index >= 15 is 0 Å². The molecule has 2 aromatic heterocycles. The van der Waals surface area contributed by atoms with Crippen molar-refractivity contribution in [3.63, 3.8) is 0 Å². The molecule has 1 aliphatic heterocycles. The van der Waals surface area contributed by atoms with Gasteiger partial charge in [-0.3, -0.25) is 23.9 Å². The Hall–Kier alpha value is -3.94. The number of aliphatic hydroxyl groups is 1. The van der Waals surface area contributed by atoms with Crippen molar-refractivity contribution in [3.05, 3.63) is 63.7 Å². The molecule has 8 nitrogen and oxygen atoms in total. The van der Waals surface area contributed by atoms with Gasteiger partial charge >= 0.3 is 6.18 Å². The van der Waals surface area contributed by atoms with E-state index in [0.29, 0.717) is 22.9 Å². The SMILES string of the molecule is CC(C)(CC(F)(F)F)NC(=O)c1cn(-c2c(F)cc(F)cc2F)c2nc(N3C[C@@H](O)CC3=O)ccc2c1=O. The van der Waals surface area contributed by atoms with Gasteiger partial charge < -0.3 is 10.4 Å². The first-order valence-corrected chi connectivity index (χ1v) is 11.2. The molecule has 1 fully saturated rings. The lowest BCUT2D eigenvalue weighted by atomic mass is 9.99. The van der Waals surface area contributed by atoms with Crippen LogP contribution in [0.4, 0.5) is 32.2 Å². The number of aromatic nitrogens is 2. The Morgan fingerprint density at radius 2 is 1.76 bits per heavy atom. The van der Waals surface area contributed by atoms with Crippen LogP contribution in [0.5, 0.6) is 0 Å². The summed E-state index contributed by atoms with van der Waals surface area (Å²) in [6.45, 7) is 2.01. The first-order valence-electron chi connectivity index (χ1n) is 11.2. The van der Waals surface area contributed by atoms with Crippen molar-refractivity contribution < 1.29 is 41.0 Å². The highest BCUT2D eigenvalue weighted by molar-refractivity contribution is 5.99. The lowest BCUT2D eigenvalue weighted by Crippen LogP contribution is -2.47. The van der Waals surface area contributed by atoms with Gasteiger partial charge in [0.15, 0.2) is 17.3 Å².